The number of aliphatic carboxylic acids is 1. The van der Waals surface area contributed by atoms with Crippen LogP contribution in [0.3, 0.4) is 0 Å². The zero-order valence-electron chi connectivity index (χ0n) is 30.6. The van der Waals surface area contributed by atoms with E-state index in [2.05, 4.69) is 53.3 Å². The molecule has 3 N–H and O–H groups in total. The average Bonchev–Trinajstić information content (AvgIpc) is 3.87. The number of amides is 2. The van der Waals surface area contributed by atoms with Crippen molar-refractivity contribution in [2.75, 3.05) is 6.61 Å². The highest BCUT2D eigenvalue weighted by molar-refractivity contribution is 7.14. The van der Waals surface area contributed by atoms with E-state index < -0.39 is 29.9 Å². The molecule has 53 heavy (non-hydrogen) atoms. The van der Waals surface area contributed by atoms with Crippen LogP contribution in [0, 0.1) is 0 Å². The SMILES string of the molecule is CCCCCCCOc1ccc(-c2cnc(-c3ccc(C[C@H](NC(=O)c4ccc(C(C)(C)C)s4)C(=O)NC(Cc4nccs4)C(=O)O)cc3)nc2)cc1. The number of carboxylic acid groups (broad SMARTS) is 1. The van der Waals surface area contributed by atoms with Crippen LogP contribution in [0.5, 0.6) is 5.75 Å². The van der Waals surface area contributed by atoms with Gasteiger partial charge in [0.1, 0.15) is 17.8 Å². The molecule has 3 heterocycles. The molecule has 2 atom stereocenters. The largest absolute Gasteiger partial charge is 0.494 e. The predicted molar refractivity (Wildman–Crippen MR) is 211 cm³/mol. The summed E-state index contributed by atoms with van der Waals surface area (Å²) in [7, 11) is 0. The van der Waals surface area contributed by atoms with Crippen molar-refractivity contribution in [1.29, 1.82) is 0 Å². The number of ether oxygens (including phenoxy) is 1. The molecule has 10 nitrogen and oxygen atoms in total. The molecule has 0 radical (unpaired) electrons. The number of carbonyl (C=O) groups excluding carboxylic acids is 2. The molecule has 1 unspecified atom stereocenters. The fraction of sp³-hybridized carbons (Fsp3) is 0.366. The minimum absolute atomic E-state index is 0.0335. The van der Waals surface area contributed by atoms with Gasteiger partial charge in [-0.2, -0.15) is 0 Å². The molecule has 278 valence electrons. The zero-order valence-corrected chi connectivity index (χ0v) is 32.3. The van der Waals surface area contributed by atoms with Crippen LogP contribution in [0.25, 0.3) is 22.5 Å². The molecule has 0 bridgehead atoms. The highest BCUT2D eigenvalue weighted by Crippen LogP contribution is 2.30. The van der Waals surface area contributed by atoms with Crippen LogP contribution < -0.4 is 15.4 Å². The first-order valence-electron chi connectivity index (χ1n) is 18.0. The maximum atomic E-state index is 13.6. The van der Waals surface area contributed by atoms with E-state index in [0.29, 0.717) is 15.7 Å². The number of hydrogen-bond donors (Lipinski definition) is 3. The second-order valence-electron chi connectivity index (χ2n) is 14.0. The Balaban J connectivity index is 1.25. The molecule has 3 aromatic heterocycles. The maximum absolute atomic E-state index is 13.6. The minimum Gasteiger partial charge on any atom is -0.494 e. The highest BCUT2D eigenvalue weighted by Gasteiger charge is 2.29. The summed E-state index contributed by atoms with van der Waals surface area (Å²) in [4.78, 5) is 54.0. The Bertz CT molecular complexity index is 1920. The van der Waals surface area contributed by atoms with Crippen molar-refractivity contribution in [3.05, 3.63) is 105 Å². The molecule has 2 aromatic carbocycles. The average molecular weight is 754 g/mol. The summed E-state index contributed by atoms with van der Waals surface area (Å²) in [5, 5.41) is 17.7. The molecule has 0 fully saturated rings. The summed E-state index contributed by atoms with van der Waals surface area (Å²) in [6.45, 7) is 9.14. The van der Waals surface area contributed by atoms with E-state index in [4.69, 9.17) is 4.74 Å². The Morgan fingerprint density at radius 3 is 2.11 bits per heavy atom. The molecule has 0 spiro atoms. The lowest BCUT2D eigenvalue weighted by Crippen LogP contribution is -2.53. The Labute approximate surface area is 319 Å². The molecule has 0 aliphatic rings. The smallest absolute Gasteiger partial charge is 0.326 e. The van der Waals surface area contributed by atoms with Crippen molar-refractivity contribution >= 4 is 40.5 Å². The highest BCUT2D eigenvalue weighted by atomic mass is 32.1. The van der Waals surface area contributed by atoms with E-state index in [1.54, 1.807) is 30.0 Å². The van der Waals surface area contributed by atoms with Gasteiger partial charge in [-0.3, -0.25) is 9.59 Å². The van der Waals surface area contributed by atoms with E-state index in [1.807, 2.05) is 54.6 Å². The number of rotatable bonds is 18. The number of hydrogen-bond acceptors (Lipinski definition) is 9. The van der Waals surface area contributed by atoms with E-state index >= 15 is 0 Å². The number of nitrogens with zero attached hydrogens (tertiary/aromatic N) is 3. The summed E-state index contributed by atoms with van der Waals surface area (Å²) in [6, 6.07) is 16.8. The Hall–Kier alpha value is -4.94. The third-order valence-corrected chi connectivity index (χ3v) is 11.0. The molecule has 12 heteroatoms. The lowest BCUT2D eigenvalue weighted by Gasteiger charge is -2.21. The van der Waals surface area contributed by atoms with Crippen LogP contribution in [0.1, 0.15) is 84.9 Å². The van der Waals surface area contributed by atoms with E-state index in [1.165, 1.54) is 48.4 Å². The summed E-state index contributed by atoms with van der Waals surface area (Å²) in [6.07, 6.45) is 11.3. The summed E-state index contributed by atoms with van der Waals surface area (Å²) < 4.78 is 5.90. The van der Waals surface area contributed by atoms with Crippen LogP contribution in [-0.2, 0) is 27.8 Å². The first-order valence-corrected chi connectivity index (χ1v) is 19.7. The molecule has 0 aliphatic carbocycles. The summed E-state index contributed by atoms with van der Waals surface area (Å²) >= 11 is 2.68. The van der Waals surface area contributed by atoms with Crippen LogP contribution in [-0.4, -0.2) is 56.5 Å². The van der Waals surface area contributed by atoms with Crippen LogP contribution in [0.2, 0.25) is 0 Å². The van der Waals surface area contributed by atoms with Gasteiger partial charge >= 0.3 is 5.97 Å². The standard InChI is InChI=1S/C41H47N5O5S2/c1-5-6-7-8-9-21-51-31-16-14-28(15-17-31)30-25-43-37(44-26-30)29-12-10-27(11-13-29)23-32(45-39(48)34-18-19-35(53-34)41(2,3)4)38(47)46-33(40(49)50)24-36-42-20-22-52-36/h10-20,22,25-26,32-33H,5-9,21,23-24H2,1-4H3,(H,45,48)(H,46,47)(H,49,50)/t32-,33?/m0/s1. The van der Waals surface area contributed by atoms with Gasteiger partial charge in [0.2, 0.25) is 5.91 Å². The van der Waals surface area contributed by atoms with Gasteiger partial charge in [-0.15, -0.1) is 22.7 Å². The van der Waals surface area contributed by atoms with Crippen LogP contribution >= 0.6 is 22.7 Å². The van der Waals surface area contributed by atoms with Gasteiger partial charge in [0.25, 0.3) is 5.91 Å². The fourth-order valence-corrected chi connectivity index (χ4v) is 7.22. The van der Waals surface area contributed by atoms with Gasteiger partial charge in [-0.1, -0.05) is 89.8 Å². The van der Waals surface area contributed by atoms with Crippen molar-refractivity contribution in [1.82, 2.24) is 25.6 Å². The normalized spacial score (nSPS) is 12.5. The van der Waals surface area contributed by atoms with Gasteiger partial charge in [0.15, 0.2) is 5.82 Å². The van der Waals surface area contributed by atoms with Crippen molar-refractivity contribution in [3.63, 3.8) is 0 Å². The number of carboxylic acids is 1. The second kappa shape index (κ2) is 18.7. The number of carbonyl (C=O) groups is 3. The van der Waals surface area contributed by atoms with Crippen molar-refractivity contribution in [2.24, 2.45) is 0 Å². The first kappa shape index (κ1) is 39.3. The molecule has 0 aliphatic heterocycles. The Morgan fingerprint density at radius 1 is 0.792 bits per heavy atom. The molecular formula is C41H47N5O5S2. The monoisotopic (exact) mass is 753 g/mol. The molecule has 5 aromatic rings. The topological polar surface area (TPSA) is 143 Å². The molecular weight excluding hydrogens is 707 g/mol. The van der Waals surface area contributed by atoms with Crippen molar-refractivity contribution < 1.29 is 24.2 Å². The summed E-state index contributed by atoms with van der Waals surface area (Å²) in [5.74, 6) is -0.788. The van der Waals surface area contributed by atoms with Crippen molar-refractivity contribution in [3.8, 4) is 28.3 Å². The first-order chi connectivity index (χ1) is 25.5. The fourth-order valence-electron chi connectivity index (χ4n) is 5.59. The van der Waals surface area contributed by atoms with Gasteiger partial charge in [-0.25, -0.2) is 19.7 Å². The molecule has 0 saturated heterocycles. The zero-order chi connectivity index (χ0) is 37.8. The predicted octanol–water partition coefficient (Wildman–Crippen LogP) is 8.13. The van der Waals surface area contributed by atoms with E-state index in [0.717, 1.165) is 45.9 Å². The third kappa shape index (κ3) is 11.5. The maximum Gasteiger partial charge on any atom is 0.326 e. The van der Waals surface area contributed by atoms with Crippen LogP contribution in [0.4, 0.5) is 0 Å². The number of nitrogens with one attached hydrogen (secondary N) is 2. The van der Waals surface area contributed by atoms with Crippen molar-refractivity contribution in [2.45, 2.75) is 90.1 Å². The Kier molecular flexibility index (Phi) is 13.9. The quantitative estimate of drug-likeness (QED) is 0.0762. The molecule has 0 saturated carbocycles. The number of thiophene rings is 1. The minimum atomic E-state index is -1.21. The van der Waals surface area contributed by atoms with Gasteiger partial charge in [0, 0.05) is 52.8 Å². The second-order valence-corrected chi connectivity index (χ2v) is 16.0. The van der Waals surface area contributed by atoms with Crippen LogP contribution in [0.15, 0.2) is 84.6 Å². The van der Waals surface area contributed by atoms with E-state index in [9.17, 15) is 19.5 Å². The number of benzene rings is 2. The number of thiazole rings is 1. The summed E-state index contributed by atoms with van der Waals surface area (Å²) in [5.41, 5.74) is 3.29. The Morgan fingerprint density at radius 2 is 1.49 bits per heavy atom. The number of aromatic nitrogens is 3. The van der Waals surface area contributed by atoms with E-state index in [-0.39, 0.29) is 18.3 Å². The number of unbranched alkanes of at least 4 members (excludes halogenated alkanes) is 4. The van der Waals surface area contributed by atoms with Gasteiger partial charge < -0.3 is 20.5 Å². The third-order valence-electron chi connectivity index (χ3n) is 8.68. The van der Waals surface area contributed by atoms with Gasteiger partial charge in [-0.05, 0) is 47.2 Å². The molecule has 5 rings (SSSR count). The van der Waals surface area contributed by atoms with Gasteiger partial charge in [0.05, 0.1) is 16.5 Å². The lowest BCUT2D eigenvalue weighted by atomic mass is 9.95. The molecule has 2 amide bonds. The lowest BCUT2D eigenvalue weighted by molar-refractivity contribution is -0.142.